The average Bonchev–Trinajstić information content (AvgIpc) is 3.39. The van der Waals surface area contributed by atoms with Gasteiger partial charge in [-0.15, -0.1) is 11.3 Å². The summed E-state index contributed by atoms with van der Waals surface area (Å²) >= 11 is 2.42. The summed E-state index contributed by atoms with van der Waals surface area (Å²) in [6.07, 6.45) is -3.72. The van der Waals surface area contributed by atoms with Crippen molar-refractivity contribution in [3.63, 3.8) is 0 Å². The van der Waals surface area contributed by atoms with Crippen molar-refractivity contribution >= 4 is 33.9 Å². The molecule has 1 N–H and O–H groups in total. The molecule has 11 heteroatoms. The van der Waals surface area contributed by atoms with Crippen LogP contribution in [0.25, 0.3) is 10.4 Å². The van der Waals surface area contributed by atoms with Gasteiger partial charge >= 0.3 is 6.18 Å². The molecule has 34 heavy (non-hydrogen) atoms. The second-order valence-electron chi connectivity index (χ2n) is 8.52. The van der Waals surface area contributed by atoms with E-state index in [0.717, 1.165) is 54.7 Å². The number of carbonyl (C=O) groups excluding carboxylic acids is 1. The van der Waals surface area contributed by atoms with Gasteiger partial charge in [0.25, 0.3) is 5.91 Å². The van der Waals surface area contributed by atoms with Crippen LogP contribution in [0.4, 0.5) is 18.3 Å². The van der Waals surface area contributed by atoms with Gasteiger partial charge in [0.2, 0.25) is 5.13 Å². The van der Waals surface area contributed by atoms with E-state index >= 15 is 0 Å². The zero-order valence-corrected chi connectivity index (χ0v) is 20.8. The minimum atomic E-state index is -4.42. The first-order valence-electron chi connectivity index (χ1n) is 10.9. The van der Waals surface area contributed by atoms with E-state index in [-0.39, 0.29) is 5.91 Å². The summed E-state index contributed by atoms with van der Waals surface area (Å²) in [6, 6.07) is 7.06. The first kappa shape index (κ1) is 24.8. The number of piperazine rings is 1. The number of nitrogens with zero attached hydrogens (tertiary/aromatic N) is 4. The second-order valence-corrected chi connectivity index (χ2v) is 10.5. The van der Waals surface area contributed by atoms with Crippen LogP contribution in [0, 0.1) is 6.92 Å². The number of aryl methyl sites for hydroxylation is 1. The molecule has 0 aliphatic carbocycles. The summed E-state index contributed by atoms with van der Waals surface area (Å²) in [6.45, 7) is 8.04. The highest BCUT2D eigenvalue weighted by Crippen LogP contribution is 2.36. The Morgan fingerprint density at radius 1 is 1.21 bits per heavy atom. The molecule has 1 unspecified atom stereocenters. The average molecular weight is 510 g/mol. The van der Waals surface area contributed by atoms with Gasteiger partial charge in [0.15, 0.2) is 0 Å². The number of alkyl halides is 3. The lowest BCUT2D eigenvalue weighted by atomic mass is 10.1. The van der Waals surface area contributed by atoms with E-state index in [4.69, 9.17) is 0 Å². The van der Waals surface area contributed by atoms with Gasteiger partial charge in [0.05, 0.1) is 11.1 Å². The zero-order valence-electron chi connectivity index (χ0n) is 19.1. The highest BCUT2D eigenvalue weighted by atomic mass is 32.1. The van der Waals surface area contributed by atoms with Crippen molar-refractivity contribution in [1.82, 2.24) is 19.2 Å². The highest BCUT2D eigenvalue weighted by Gasteiger charge is 2.30. The van der Waals surface area contributed by atoms with Gasteiger partial charge in [-0.25, -0.2) is 4.98 Å². The molecule has 6 nitrogen and oxygen atoms in total. The van der Waals surface area contributed by atoms with Gasteiger partial charge in [0.1, 0.15) is 5.82 Å². The summed E-state index contributed by atoms with van der Waals surface area (Å²) in [5.74, 6) is 0.347. The molecule has 3 aromatic rings. The molecule has 2 aromatic heterocycles. The third-order valence-corrected chi connectivity index (χ3v) is 7.73. The Morgan fingerprint density at radius 2 is 1.94 bits per heavy atom. The van der Waals surface area contributed by atoms with Gasteiger partial charge in [-0.1, -0.05) is 12.1 Å². The van der Waals surface area contributed by atoms with Crippen molar-refractivity contribution in [2.45, 2.75) is 32.5 Å². The molecule has 1 atom stereocenters. The maximum Gasteiger partial charge on any atom is 0.416 e. The number of thiophene rings is 1. The van der Waals surface area contributed by atoms with E-state index < -0.39 is 11.7 Å². The largest absolute Gasteiger partial charge is 0.416 e. The maximum absolute atomic E-state index is 13.1. The number of rotatable bonds is 6. The fourth-order valence-corrected chi connectivity index (χ4v) is 5.51. The first-order chi connectivity index (χ1) is 16.1. The molecule has 1 amide bonds. The van der Waals surface area contributed by atoms with E-state index in [1.54, 1.807) is 19.1 Å². The lowest BCUT2D eigenvalue weighted by Gasteiger charge is -2.36. The van der Waals surface area contributed by atoms with Crippen LogP contribution in [0.5, 0.6) is 0 Å². The number of likely N-dealkylation sites (N-methyl/N-ethyl adjacent to an activating group) is 1. The van der Waals surface area contributed by atoms with E-state index in [1.807, 2.05) is 0 Å². The fraction of sp³-hybridized carbons (Fsp3) is 0.435. The van der Waals surface area contributed by atoms with Crippen molar-refractivity contribution in [1.29, 1.82) is 0 Å². The molecule has 0 spiro atoms. The van der Waals surface area contributed by atoms with Crippen LogP contribution in [0.1, 0.15) is 33.5 Å². The van der Waals surface area contributed by atoms with Crippen molar-refractivity contribution < 1.29 is 18.0 Å². The maximum atomic E-state index is 13.1. The zero-order chi connectivity index (χ0) is 24.5. The normalized spacial score (nSPS) is 16.5. The number of benzene rings is 1. The predicted molar refractivity (Wildman–Crippen MR) is 130 cm³/mol. The van der Waals surface area contributed by atoms with Crippen LogP contribution in [-0.4, -0.2) is 64.3 Å². The SMILES string of the molecule is Cc1sc(-c2cccc(C(F)(F)F)c2)cc1C(=O)Nc1nc(CC(C)N2CCN(C)CC2)ns1. The topological polar surface area (TPSA) is 61.4 Å². The molecular weight excluding hydrogens is 483 g/mol. The van der Waals surface area contributed by atoms with Crippen LogP contribution in [0.3, 0.4) is 0 Å². The third-order valence-electron chi connectivity index (χ3n) is 5.96. The molecule has 0 radical (unpaired) electrons. The summed E-state index contributed by atoms with van der Waals surface area (Å²) in [4.78, 5) is 23.4. The molecule has 1 fully saturated rings. The molecule has 1 aliphatic rings. The molecule has 1 aromatic carbocycles. The number of carbonyl (C=O) groups is 1. The second kappa shape index (κ2) is 10.1. The van der Waals surface area contributed by atoms with Crippen LogP contribution in [0.15, 0.2) is 30.3 Å². The standard InChI is InChI=1S/C23H26F3N5OS2/c1-14(31-9-7-30(3)8-10-31)11-20-27-22(34-29-20)28-21(32)18-13-19(33-15(18)2)16-5-4-6-17(12-16)23(24,25)26/h4-6,12-14H,7-11H2,1-3H3,(H,27,28,29,32). The Bertz CT molecular complexity index is 1150. The van der Waals surface area contributed by atoms with Gasteiger partial charge in [-0.05, 0) is 44.7 Å². The molecule has 0 saturated carbocycles. The summed E-state index contributed by atoms with van der Waals surface area (Å²) in [7, 11) is 2.12. The van der Waals surface area contributed by atoms with E-state index in [2.05, 4.69) is 38.4 Å². The van der Waals surface area contributed by atoms with Gasteiger partial charge in [-0.3, -0.25) is 15.0 Å². The Morgan fingerprint density at radius 3 is 2.65 bits per heavy atom. The molecular formula is C23H26F3N5OS2. The van der Waals surface area contributed by atoms with Crippen LogP contribution in [-0.2, 0) is 12.6 Å². The number of nitrogens with one attached hydrogen (secondary N) is 1. The lowest BCUT2D eigenvalue weighted by molar-refractivity contribution is -0.137. The molecule has 0 bridgehead atoms. The van der Waals surface area contributed by atoms with E-state index in [9.17, 15) is 18.0 Å². The van der Waals surface area contributed by atoms with Crippen LogP contribution >= 0.6 is 22.9 Å². The van der Waals surface area contributed by atoms with Crippen LogP contribution in [0.2, 0.25) is 0 Å². The number of amides is 1. The van der Waals surface area contributed by atoms with Gasteiger partial charge in [0, 0.05) is 59.9 Å². The minimum Gasteiger partial charge on any atom is -0.304 e. The first-order valence-corrected chi connectivity index (χ1v) is 12.5. The summed E-state index contributed by atoms with van der Waals surface area (Å²) in [5.41, 5.74) is 0.132. The quantitative estimate of drug-likeness (QED) is 0.505. The molecule has 1 aliphatic heterocycles. The molecule has 4 rings (SSSR count). The number of halogens is 3. The number of aromatic nitrogens is 2. The van der Waals surface area contributed by atoms with E-state index in [0.29, 0.717) is 39.4 Å². The van der Waals surface area contributed by atoms with Crippen molar-refractivity contribution in [3.8, 4) is 10.4 Å². The predicted octanol–water partition coefficient (Wildman–Crippen LogP) is 5.02. The number of anilines is 1. The molecule has 1 saturated heterocycles. The van der Waals surface area contributed by atoms with Crippen molar-refractivity contribution in [2.24, 2.45) is 0 Å². The Balaban J connectivity index is 1.41. The highest BCUT2D eigenvalue weighted by molar-refractivity contribution is 7.15. The fourth-order valence-electron chi connectivity index (χ4n) is 3.91. The van der Waals surface area contributed by atoms with Crippen molar-refractivity contribution in [3.05, 3.63) is 52.2 Å². The smallest absolute Gasteiger partial charge is 0.304 e. The van der Waals surface area contributed by atoms with E-state index in [1.165, 1.54) is 17.4 Å². The number of hydrogen-bond donors (Lipinski definition) is 1. The minimum absolute atomic E-state index is 0.306. The lowest BCUT2D eigenvalue weighted by Crippen LogP contribution is -2.48. The Hall–Kier alpha value is -2.34. The van der Waals surface area contributed by atoms with Gasteiger partial charge in [-0.2, -0.15) is 17.5 Å². The molecule has 3 heterocycles. The molecule has 182 valence electrons. The van der Waals surface area contributed by atoms with Gasteiger partial charge < -0.3 is 4.90 Å². The Labute approximate surface area is 204 Å². The summed E-state index contributed by atoms with van der Waals surface area (Å²) < 4.78 is 43.6. The van der Waals surface area contributed by atoms with Crippen molar-refractivity contribution in [2.75, 3.05) is 38.5 Å². The number of hydrogen-bond acceptors (Lipinski definition) is 7. The third kappa shape index (κ3) is 5.83. The Kier molecular flexibility index (Phi) is 7.36. The monoisotopic (exact) mass is 509 g/mol. The summed E-state index contributed by atoms with van der Waals surface area (Å²) in [5, 5.41) is 3.20. The van der Waals surface area contributed by atoms with Crippen LogP contribution < -0.4 is 5.32 Å².